The second kappa shape index (κ2) is 16.2. The molecule has 316 valence electrons. The highest BCUT2D eigenvalue weighted by Crippen LogP contribution is 2.43. The van der Waals surface area contributed by atoms with Gasteiger partial charge in [-0.2, -0.15) is 8.42 Å². The van der Waals surface area contributed by atoms with Gasteiger partial charge in [-0.3, -0.25) is 14.1 Å². The van der Waals surface area contributed by atoms with Gasteiger partial charge in [-0.15, -0.1) is 11.8 Å². The molecule has 0 spiro atoms. The third-order valence-electron chi connectivity index (χ3n) is 11.9. The molecule has 4 aliphatic rings. The SMILES string of the molecule is COc1cc2c(cc1OCc1cc(COc3cc4c(cc3C)C(=O)N3c5ccccc5C[C@H]3CN4)cc(N(C)CSC)c1)NC(CS(=O)(=O)O)[C@@H]1Cc3ccccc3N1C2=O. The van der Waals surface area contributed by atoms with Crippen molar-refractivity contribution in [1.82, 2.24) is 0 Å². The number of aryl methyl sites for hydroxylation is 1. The van der Waals surface area contributed by atoms with Gasteiger partial charge in [0.25, 0.3) is 21.9 Å². The number of nitrogens with one attached hydrogen (secondary N) is 2. The van der Waals surface area contributed by atoms with Crippen molar-refractivity contribution in [3.8, 4) is 17.2 Å². The molecule has 0 bridgehead atoms. The number of carbonyl (C=O) groups is 2. The van der Waals surface area contributed by atoms with Gasteiger partial charge in [0.15, 0.2) is 11.5 Å². The van der Waals surface area contributed by atoms with Crippen LogP contribution in [0.4, 0.5) is 28.4 Å². The first-order valence-electron chi connectivity index (χ1n) is 20.1. The van der Waals surface area contributed by atoms with E-state index in [1.807, 2.05) is 85.8 Å². The van der Waals surface area contributed by atoms with Crippen molar-refractivity contribution in [3.05, 3.63) is 130 Å². The molecule has 61 heavy (non-hydrogen) atoms. The van der Waals surface area contributed by atoms with Crippen molar-refractivity contribution >= 4 is 62.1 Å². The number of thioether (sulfide) groups is 1. The zero-order chi connectivity index (χ0) is 42.6. The van der Waals surface area contributed by atoms with E-state index in [-0.39, 0.29) is 31.1 Å². The molecule has 0 saturated carbocycles. The summed E-state index contributed by atoms with van der Waals surface area (Å²) in [5.74, 6) is 1.19. The lowest BCUT2D eigenvalue weighted by Gasteiger charge is -2.29. The predicted octanol–water partition coefficient (Wildman–Crippen LogP) is 7.17. The molecular weight excluding hydrogens is 815 g/mol. The molecule has 4 heterocycles. The number of ether oxygens (including phenoxy) is 3. The smallest absolute Gasteiger partial charge is 0.266 e. The topological polar surface area (TPSA) is 150 Å². The van der Waals surface area contributed by atoms with E-state index in [9.17, 15) is 22.6 Å². The lowest BCUT2D eigenvalue weighted by Crippen LogP contribution is -2.48. The molecule has 3 atom stereocenters. The number of anilines is 5. The van der Waals surface area contributed by atoms with Gasteiger partial charge in [0.05, 0.1) is 59.4 Å². The minimum absolute atomic E-state index is 0.0173. The number of hydrogen-bond donors (Lipinski definition) is 3. The first-order chi connectivity index (χ1) is 29.4. The van der Waals surface area contributed by atoms with Crippen molar-refractivity contribution in [1.29, 1.82) is 0 Å². The average molecular weight is 862 g/mol. The monoisotopic (exact) mass is 861 g/mol. The molecule has 0 fully saturated rings. The number of fused-ring (bicyclic) bond motifs is 8. The summed E-state index contributed by atoms with van der Waals surface area (Å²) in [6.45, 7) is 2.98. The fourth-order valence-electron chi connectivity index (χ4n) is 9.07. The molecular formula is C46H47N5O8S2. The van der Waals surface area contributed by atoms with Crippen LogP contribution in [0.3, 0.4) is 0 Å². The molecule has 2 amide bonds. The summed E-state index contributed by atoms with van der Waals surface area (Å²) in [7, 11) is -0.883. The van der Waals surface area contributed by atoms with E-state index in [2.05, 4.69) is 33.7 Å². The first-order valence-corrected chi connectivity index (χ1v) is 23.1. The lowest BCUT2D eigenvalue weighted by molar-refractivity contribution is 0.0974. The van der Waals surface area contributed by atoms with E-state index < -0.39 is 28.0 Å². The van der Waals surface area contributed by atoms with Crippen LogP contribution in [-0.2, 0) is 36.2 Å². The molecule has 3 N–H and O–H groups in total. The van der Waals surface area contributed by atoms with Crippen molar-refractivity contribution in [2.75, 3.05) is 63.9 Å². The molecule has 4 aliphatic heterocycles. The van der Waals surface area contributed by atoms with E-state index in [0.717, 1.165) is 51.6 Å². The summed E-state index contributed by atoms with van der Waals surface area (Å²) in [6, 6.07) is 27.5. The maximum absolute atomic E-state index is 14.2. The molecule has 5 aromatic carbocycles. The van der Waals surface area contributed by atoms with Crippen LogP contribution in [0.2, 0.25) is 0 Å². The largest absolute Gasteiger partial charge is 0.493 e. The Kier molecular flexibility index (Phi) is 10.7. The van der Waals surface area contributed by atoms with Crippen molar-refractivity contribution in [2.45, 2.75) is 51.1 Å². The first kappa shape index (κ1) is 40.5. The highest BCUT2D eigenvalue weighted by molar-refractivity contribution is 7.98. The average Bonchev–Trinajstić information content (AvgIpc) is 3.76. The number of nitrogens with zero attached hydrogens (tertiary/aromatic N) is 3. The highest BCUT2D eigenvalue weighted by atomic mass is 32.2. The highest BCUT2D eigenvalue weighted by Gasteiger charge is 2.44. The van der Waals surface area contributed by atoms with E-state index in [1.165, 1.54) is 12.7 Å². The second-order valence-corrected chi connectivity index (χ2v) is 18.4. The fourth-order valence-corrected chi connectivity index (χ4v) is 10.4. The Balaban J connectivity index is 0.972. The molecule has 0 radical (unpaired) electrons. The van der Waals surface area contributed by atoms with Gasteiger partial charge in [-0.1, -0.05) is 36.4 Å². The van der Waals surface area contributed by atoms with Crippen molar-refractivity contribution < 1.29 is 36.8 Å². The van der Waals surface area contributed by atoms with Crippen molar-refractivity contribution in [2.24, 2.45) is 0 Å². The van der Waals surface area contributed by atoms with Gasteiger partial charge in [0.1, 0.15) is 19.0 Å². The number of hydrogen-bond acceptors (Lipinski definition) is 11. The molecule has 9 rings (SSSR count). The predicted molar refractivity (Wildman–Crippen MR) is 240 cm³/mol. The van der Waals surface area contributed by atoms with Crippen LogP contribution in [0.5, 0.6) is 17.2 Å². The number of para-hydroxylation sites is 2. The molecule has 5 aromatic rings. The Hall–Kier alpha value is -5.90. The lowest BCUT2D eigenvalue weighted by atomic mass is 10.0. The Morgan fingerprint density at radius 1 is 0.803 bits per heavy atom. The third-order valence-corrected chi connectivity index (χ3v) is 13.3. The quantitative estimate of drug-likeness (QED) is 0.0863. The molecule has 0 aliphatic carbocycles. The van der Waals surface area contributed by atoms with Crippen LogP contribution in [0.1, 0.15) is 48.5 Å². The van der Waals surface area contributed by atoms with E-state index in [4.69, 9.17) is 14.2 Å². The zero-order valence-corrected chi connectivity index (χ0v) is 35.9. The Bertz CT molecular complexity index is 2680. The number of methoxy groups -OCH3 is 1. The summed E-state index contributed by atoms with van der Waals surface area (Å²) < 4.78 is 53.2. The summed E-state index contributed by atoms with van der Waals surface area (Å²) in [4.78, 5) is 33.9. The second-order valence-electron chi connectivity index (χ2n) is 16.0. The van der Waals surface area contributed by atoms with E-state index in [0.29, 0.717) is 52.7 Å². The van der Waals surface area contributed by atoms with Crippen LogP contribution in [-0.4, -0.2) is 81.5 Å². The number of amides is 2. The Morgan fingerprint density at radius 3 is 2.11 bits per heavy atom. The van der Waals surface area contributed by atoms with Gasteiger partial charge in [0, 0.05) is 42.8 Å². The molecule has 1 unspecified atom stereocenters. The maximum Gasteiger partial charge on any atom is 0.266 e. The molecule has 0 saturated heterocycles. The Morgan fingerprint density at radius 2 is 1.43 bits per heavy atom. The van der Waals surface area contributed by atoms with Crippen LogP contribution in [0, 0.1) is 6.92 Å². The molecule has 15 heteroatoms. The van der Waals surface area contributed by atoms with Gasteiger partial charge in [-0.25, -0.2) is 0 Å². The summed E-state index contributed by atoms with van der Waals surface area (Å²) in [5.41, 5.74) is 9.41. The van der Waals surface area contributed by atoms with Crippen molar-refractivity contribution in [3.63, 3.8) is 0 Å². The standard InChI is InChI=1S/C46H47N5O8S2/c1-27-13-34-36(47-22-33-17-30-9-5-7-11-39(30)50(33)45(34)52)20-42(27)58-23-28-14-29(16-32(15-28)49(2)26-60-4)24-59-44-21-37-35(19-43(44)57-3)46(53)51-40-12-8-6-10-31(40)18-41(51)38(48-37)25-61(54,55)56/h5-16,19-21,33,38,41,47-48H,17-18,22-26H2,1-4H3,(H,54,55,56)/t33-,38?,41-/m0/s1. The Labute approximate surface area is 359 Å². The maximum atomic E-state index is 14.2. The molecule has 13 nitrogen and oxygen atoms in total. The summed E-state index contributed by atoms with van der Waals surface area (Å²) in [6.07, 6.45) is 3.28. The van der Waals surface area contributed by atoms with Gasteiger partial charge in [-0.05, 0) is 96.3 Å². The number of rotatable bonds is 12. The fraction of sp³-hybridized carbons (Fsp3) is 0.304. The van der Waals surface area contributed by atoms with E-state index in [1.54, 1.807) is 28.8 Å². The minimum Gasteiger partial charge on any atom is -0.493 e. The van der Waals surface area contributed by atoms with Gasteiger partial charge < -0.3 is 39.5 Å². The summed E-state index contributed by atoms with van der Waals surface area (Å²) in [5, 5.41) is 6.80. The zero-order valence-electron chi connectivity index (χ0n) is 34.3. The number of benzene rings is 5. The molecule has 0 aromatic heterocycles. The van der Waals surface area contributed by atoms with Gasteiger partial charge >= 0.3 is 0 Å². The van der Waals surface area contributed by atoms with Crippen LogP contribution < -0.4 is 39.5 Å². The van der Waals surface area contributed by atoms with Crippen LogP contribution in [0.25, 0.3) is 0 Å². The van der Waals surface area contributed by atoms with E-state index >= 15 is 0 Å². The third kappa shape index (κ3) is 7.81. The normalized spacial score (nSPS) is 18.6. The summed E-state index contributed by atoms with van der Waals surface area (Å²) >= 11 is 1.70. The van der Waals surface area contributed by atoms with Crippen LogP contribution >= 0.6 is 11.8 Å². The number of carbonyl (C=O) groups excluding carboxylic acids is 2. The minimum atomic E-state index is -4.41. The van der Waals surface area contributed by atoms with Crippen LogP contribution in [0.15, 0.2) is 91.0 Å². The van der Waals surface area contributed by atoms with Gasteiger partial charge in [0.2, 0.25) is 0 Å².